The molecule has 0 bridgehead atoms. The number of hydrogen-bond donors (Lipinski definition) is 0. The maximum absolute atomic E-state index is 12.6. The lowest BCUT2D eigenvalue weighted by Crippen LogP contribution is -2.52. The Hall–Kier alpha value is -2.74. The molecule has 0 spiro atoms. The van der Waals surface area contributed by atoms with Gasteiger partial charge in [-0.3, -0.25) is 14.3 Å². The molecule has 1 aliphatic heterocycles. The molecule has 3 rings (SSSR count). The quantitative estimate of drug-likeness (QED) is 0.740. The molecule has 1 atom stereocenters. The van der Waals surface area contributed by atoms with E-state index in [0.717, 1.165) is 5.56 Å². The summed E-state index contributed by atoms with van der Waals surface area (Å²) in [6.07, 6.45) is 3.30. The van der Waals surface area contributed by atoms with Crippen molar-refractivity contribution in [2.75, 3.05) is 31.3 Å². The van der Waals surface area contributed by atoms with Gasteiger partial charge in [-0.15, -0.1) is 0 Å². The van der Waals surface area contributed by atoms with Gasteiger partial charge in [0.1, 0.15) is 0 Å². The summed E-state index contributed by atoms with van der Waals surface area (Å²) in [7, 11) is 0. The number of rotatable bonds is 5. The Labute approximate surface area is 151 Å². The smallest absolute Gasteiger partial charge is 0.331 e. The van der Waals surface area contributed by atoms with Crippen molar-refractivity contribution in [2.24, 2.45) is 0 Å². The Balaban J connectivity index is 2.08. The van der Waals surface area contributed by atoms with Gasteiger partial charge in [0.2, 0.25) is 5.95 Å². The minimum Gasteiger partial charge on any atom is -0.464 e. The Kier molecular flexibility index (Phi) is 5.62. The largest absolute Gasteiger partial charge is 0.464 e. The van der Waals surface area contributed by atoms with Gasteiger partial charge in [-0.1, -0.05) is 0 Å². The number of morpholine rings is 1. The lowest BCUT2D eigenvalue weighted by atomic mass is 10.2. The van der Waals surface area contributed by atoms with Crippen molar-refractivity contribution in [3.63, 3.8) is 0 Å². The first-order chi connectivity index (χ1) is 12.7. The molecule has 1 saturated heterocycles. The van der Waals surface area contributed by atoms with Crippen LogP contribution in [-0.4, -0.2) is 52.9 Å². The molecule has 2 aromatic heterocycles. The monoisotopic (exact) mass is 358 g/mol. The number of aromatic nitrogens is 3. The van der Waals surface area contributed by atoms with E-state index in [1.54, 1.807) is 40.9 Å². The SMILES string of the molecule is CCOC(=O)C1COCCN1c1nc(-c2ccncc2)cc(=O)n1CC. The van der Waals surface area contributed by atoms with Gasteiger partial charge in [0.15, 0.2) is 6.04 Å². The number of nitrogens with zero attached hydrogens (tertiary/aromatic N) is 4. The highest BCUT2D eigenvalue weighted by molar-refractivity contribution is 5.80. The zero-order valence-corrected chi connectivity index (χ0v) is 14.9. The third-order valence-electron chi connectivity index (χ3n) is 4.22. The van der Waals surface area contributed by atoms with Gasteiger partial charge >= 0.3 is 5.97 Å². The maximum atomic E-state index is 12.6. The zero-order valence-electron chi connectivity index (χ0n) is 14.9. The molecule has 0 saturated carbocycles. The number of anilines is 1. The average Bonchev–Trinajstić information content (AvgIpc) is 2.68. The van der Waals surface area contributed by atoms with Gasteiger partial charge in [0, 0.05) is 37.1 Å². The molecule has 8 nitrogen and oxygen atoms in total. The molecule has 2 aromatic rings. The molecule has 26 heavy (non-hydrogen) atoms. The first-order valence-corrected chi connectivity index (χ1v) is 8.69. The van der Waals surface area contributed by atoms with Crippen LogP contribution in [0.5, 0.6) is 0 Å². The van der Waals surface area contributed by atoms with E-state index < -0.39 is 6.04 Å². The van der Waals surface area contributed by atoms with E-state index in [4.69, 9.17) is 9.47 Å². The van der Waals surface area contributed by atoms with E-state index >= 15 is 0 Å². The van der Waals surface area contributed by atoms with Crippen molar-refractivity contribution in [3.05, 3.63) is 40.9 Å². The summed E-state index contributed by atoms with van der Waals surface area (Å²) in [5, 5.41) is 0. The lowest BCUT2D eigenvalue weighted by molar-refractivity contribution is -0.147. The van der Waals surface area contributed by atoms with Crippen LogP contribution in [0.3, 0.4) is 0 Å². The minimum absolute atomic E-state index is 0.168. The minimum atomic E-state index is -0.624. The van der Waals surface area contributed by atoms with E-state index in [1.165, 1.54) is 6.07 Å². The Bertz CT molecular complexity index is 822. The van der Waals surface area contributed by atoms with Gasteiger partial charge < -0.3 is 14.4 Å². The van der Waals surface area contributed by atoms with Crippen LogP contribution in [0.15, 0.2) is 35.4 Å². The first kappa shape index (κ1) is 18.1. The van der Waals surface area contributed by atoms with E-state index in [1.807, 2.05) is 6.92 Å². The number of hydrogen-bond acceptors (Lipinski definition) is 7. The second-order valence-electron chi connectivity index (χ2n) is 5.80. The molecule has 1 unspecified atom stereocenters. The fourth-order valence-electron chi connectivity index (χ4n) is 2.96. The van der Waals surface area contributed by atoms with Crippen LogP contribution in [0.2, 0.25) is 0 Å². The van der Waals surface area contributed by atoms with Crippen molar-refractivity contribution in [2.45, 2.75) is 26.4 Å². The number of pyridine rings is 1. The number of ether oxygens (including phenoxy) is 2. The van der Waals surface area contributed by atoms with Gasteiger partial charge in [-0.2, -0.15) is 0 Å². The van der Waals surface area contributed by atoms with Crippen LogP contribution >= 0.6 is 0 Å². The van der Waals surface area contributed by atoms with Gasteiger partial charge in [-0.05, 0) is 26.0 Å². The predicted molar refractivity (Wildman–Crippen MR) is 96.0 cm³/mol. The third-order valence-corrected chi connectivity index (χ3v) is 4.22. The summed E-state index contributed by atoms with van der Waals surface area (Å²) >= 11 is 0. The Morgan fingerprint density at radius 1 is 1.35 bits per heavy atom. The highest BCUT2D eigenvalue weighted by Crippen LogP contribution is 2.22. The molecule has 138 valence electrons. The van der Waals surface area contributed by atoms with Crippen LogP contribution < -0.4 is 10.5 Å². The molecule has 1 fully saturated rings. The molecule has 8 heteroatoms. The van der Waals surface area contributed by atoms with Crippen molar-refractivity contribution in [1.82, 2.24) is 14.5 Å². The maximum Gasteiger partial charge on any atom is 0.331 e. The summed E-state index contributed by atoms with van der Waals surface area (Å²) < 4.78 is 12.2. The van der Waals surface area contributed by atoms with Crippen molar-refractivity contribution in [1.29, 1.82) is 0 Å². The molecule has 0 N–H and O–H groups in total. The summed E-state index contributed by atoms with van der Waals surface area (Å²) in [5.41, 5.74) is 1.17. The van der Waals surface area contributed by atoms with Gasteiger partial charge in [0.25, 0.3) is 5.56 Å². The van der Waals surface area contributed by atoms with Gasteiger partial charge in [0.05, 0.1) is 25.5 Å². The van der Waals surface area contributed by atoms with Gasteiger partial charge in [-0.25, -0.2) is 9.78 Å². The normalized spacial score (nSPS) is 17.2. The molecule has 3 heterocycles. The van der Waals surface area contributed by atoms with Crippen molar-refractivity contribution in [3.8, 4) is 11.3 Å². The number of esters is 1. The Morgan fingerprint density at radius 3 is 2.81 bits per heavy atom. The predicted octanol–water partition coefficient (Wildman–Crippen LogP) is 1.09. The summed E-state index contributed by atoms with van der Waals surface area (Å²) in [5.74, 6) is 0.0755. The molecule has 0 aromatic carbocycles. The fraction of sp³-hybridized carbons (Fsp3) is 0.444. The second-order valence-corrected chi connectivity index (χ2v) is 5.80. The van der Waals surface area contributed by atoms with Crippen LogP contribution in [0.25, 0.3) is 11.3 Å². The average molecular weight is 358 g/mol. The van der Waals surface area contributed by atoms with Crippen LogP contribution in [0.1, 0.15) is 13.8 Å². The van der Waals surface area contributed by atoms with E-state index in [2.05, 4.69) is 9.97 Å². The van der Waals surface area contributed by atoms with Crippen LogP contribution in [-0.2, 0) is 20.8 Å². The van der Waals surface area contributed by atoms with Crippen LogP contribution in [0, 0.1) is 0 Å². The molecule has 0 amide bonds. The molecular formula is C18H22N4O4. The van der Waals surface area contributed by atoms with E-state index in [-0.39, 0.29) is 24.7 Å². The molecule has 0 radical (unpaired) electrons. The topological polar surface area (TPSA) is 86.6 Å². The summed E-state index contributed by atoms with van der Waals surface area (Å²) in [4.78, 5) is 35.5. The van der Waals surface area contributed by atoms with Crippen molar-refractivity contribution >= 4 is 11.9 Å². The molecule has 1 aliphatic rings. The Morgan fingerprint density at radius 2 is 2.12 bits per heavy atom. The van der Waals surface area contributed by atoms with E-state index in [0.29, 0.717) is 31.3 Å². The zero-order chi connectivity index (χ0) is 18.5. The highest BCUT2D eigenvalue weighted by Gasteiger charge is 2.33. The van der Waals surface area contributed by atoms with E-state index in [9.17, 15) is 9.59 Å². The summed E-state index contributed by atoms with van der Waals surface area (Å²) in [6.45, 7) is 5.48. The third kappa shape index (κ3) is 3.60. The molecular weight excluding hydrogens is 336 g/mol. The van der Waals surface area contributed by atoms with Crippen molar-refractivity contribution < 1.29 is 14.3 Å². The summed E-state index contributed by atoms with van der Waals surface area (Å²) in [6, 6.07) is 4.47. The second kappa shape index (κ2) is 8.09. The first-order valence-electron chi connectivity index (χ1n) is 8.69. The number of carbonyl (C=O) groups is 1. The lowest BCUT2D eigenvalue weighted by Gasteiger charge is -2.35. The number of carbonyl (C=O) groups excluding carboxylic acids is 1. The highest BCUT2D eigenvalue weighted by atomic mass is 16.5. The standard InChI is InChI=1S/C18H22N4O4/c1-3-21-16(23)11-14(13-5-7-19-8-6-13)20-18(21)22-9-10-25-12-15(22)17(24)26-4-2/h5-8,11,15H,3-4,9-10,12H2,1-2H3. The van der Waals surface area contributed by atoms with Crippen LogP contribution in [0.4, 0.5) is 5.95 Å². The fourth-order valence-corrected chi connectivity index (χ4v) is 2.96. The molecule has 0 aliphatic carbocycles.